The van der Waals surface area contributed by atoms with Crippen LogP contribution in [0.4, 0.5) is 0 Å². The standard InChI is InChI=1S/C15H24O2/c1-13(2)8-12-11(13)4-5-14(3)6-10(16)7-15(12,17)9-14/h11-12,17H,4-9H2,1-3H3/t11-,12-,14+,15+/m0/s1. The summed E-state index contributed by atoms with van der Waals surface area (Å²) in [5.41, 5.74) is -0.241. The van der Waals surface area contributed by atoms with Gasteiger partial charge in [0.1, 0.15) is 5.78 Å². The van der Waals surface area contributed by atoms with Gasteiger partial charge in [-0.2, -0.15) is 0 Å². The van der Waals surface area contributed by atoms with Crippen LogP contribution in [0.2, 0.25) is 0 Å². The molecule has 2 heteroatoms. The van der Waals surface area contributed by atoms with Gasteiger partial charge in [0.05, 0.1) is 5.60 Å². The van der Waals surface area contributed by atoms with Crippen molar-refractivity contribution in [2.45, 2.75) is 64.9 Å². The molecule has 0 unspecified atom stereocenters. The first-order chi connectivity index (χ1) is 7.74. The Balaban J connectivity index is 1.96. The molecule has 0 aromatic heterocycles. The van der Waals surface area contributed by atoms with Gasteiger partial charge >= 0.3 is 0 Å². The predicted molar refractivity (Wildman–Crippen MR) is 66.5 cm³/mol. The number of rotatable bonds is 0. The Kier molecular flexibility index (Phi) is 2.16. The molecule has 0 amide bonds. The highest BCUT2D eigenvalue weighted by atomic mass is 16.3. The SMILES string of the molecule is CC1(C)C[C@H]2[C@@H]1CC[C@]1(C)CC(=O)C[C@@]2(O)C1. The second-order valence-electron chi connectivity index (χ2n) is 7.93. The van der Waals surface area contributed by atoms with E-state index in [1.54, 1.807) is 0 Å². The van der Waals surface area contributed by atoms with Gasteiger partial charge in [-0.3, -0.25) is 4.79 Å². The fourth-order valence-corrected chi connectivity index (χ4v) is 5.09. The van der Waals surface area contributed by atoms with Gasteiger partial charge in [-0.05, 0) is 48.3 Å². The van der Waals surface area contributed by atoms with Crippen LogP contribution in [0.3, 0.4) is 0 Å². The Bertz CT molecular complexity index is 373. The molecule has 0 radical (unpaired) electrons. The molecule has 3 fully saturated rings. The van der Waals surface area contributed by atoms with Gasteiger partial charge in [0.15, 0.2) is 0 Å². The van der Waals surface area contributed by atoms with Gasteiger partial charge in [-0.15, -0.1) is 0 Å². The third-order valence-electron chi connectivity index (χ3n) is 5.84. The summed E-state index contributed by atoms with van der Waals surface area (Å²) in [6, 6.07) is 0. The second kappa shape index (κ2) is 3.14. The highest BCUT2D eigenvalue weighted by molar-refractivity contribution is 5.81. The van der Waals surface area contributed by atoms with E-state index in [0.717, 1.165) is 19.3 Å². The van der Waals surface area contributed by atoms with Crippen LogP contribution in [0.25, 0.3) is 0 Å². The lowest BCUT2D eigenvalue weighted by Crippen LogP contribution is -2.57. The molecule has 17 heavy (non-hydrogen) atoms. The Morgan fingerprint density at radius 2 is 1.88 bits per heavy atom. The van der Waals surface area contributed by atoms with E-state index in [-0.39, 0.29) is 11.2 Å². The van der Waals surface area contributed by atoms with Crippen molar-refractivity contribution in [3.05, 3.63) is 0 Å². The lowest BCUT2D eigenvalue weighted by molar-refractivity contribution is -0.168. The van der Waals surface area contributed by atoms with Crippen LogP contribution in [0.5, 0.6) is 0 Å². The topological polar surface area (TPSA) is 37.3 Å². The van der Waals surface area contributed by atoms with Gasteiger partial charge in [0.25, 0.3) is 0 Å². The molecule has 4 atom stereocenters. The Hall–Kier alpha value is -0.370. The van der Waals surface area contributed by atoms with Crippen LogP contribution in [-0.2, 0) is 4.79 Å². The molecule has 0 aliphatic heterocycles. The predicted octanol–water partition coefficient (Wildman–Crippen LogP) is 2.93. The number of carbonyl (C=O) groups is 1. The molecule has 96 valence electrons. The molecule has 0 saturated heterocycles. The summed E-state index contributed by atoms with van der Waals surface area (Å²) < 4.78 is 0. The quantitative estimate of drug-likeness (QED) is 0.702. The molecule has 0 spiro atoms. The molecule has 3 aliphatic carbocycles. The lowest BCUT2D eigenvalue weighted by atomic mass is 9.49. The van der Waals surface area contributed by atoms with Crippen LogP contribution in [0, 0.1) is 22.7 Å². The van der Waals surface area contributed by atoms with Gasteiger partial charge in [0.2, 0.25) is 0 Å². The van der Waals surface area contributed by atoms with E-state index in [4.69, 9.17) is 0 Å². The Morgan fingerprint density at radius 1 is 1.18 bits per heavy atom. The van der Waals surface area contributed by atoms with Crippen molar-refractivity contribution in [3.63, 3.8) is 0 Å². The van der Waals surface area contributed by atoms with Gasteiger partial charge in [-0.25, -0.2) is 0 Å². The summed E-state index contributed by atoms with van der Waals surface area (Å²) in [6.45, 7) is 6.83. The highest BCUT2D eigenvalue weighted by Crippen LogP contribution is 2.64. The summed E-state index contributed by atoms with van der Waals surface area (Å²) in [6.07, 6.45) is 5.37. The molecule has 3 saturated carbocycles. The second-order valence-corrected chi connectivity index (χ2v) is 7.93. The number of hydrogen-bond donors (Lipinski definition) is 1. The molecule has 0 heterocycles. The molecular formula is C15H24O2. The minimum Gasteiger partial charge on any atom is -0.389 e. The molecule has 2 bridgehead atoms. The summed E-state index contributed by atoms with van der Waals surface area (Å²) in [7, 11) is 0. The van der Waals surface area contributed by atoms with Gasteiger partial charge in [-0.1, -0.05) is 20.8 Å². The average molecular weight is 236 g/mol. The highest BCUT2D eigenvalue weighted by Gasteiger charge is 2.61. The maximum atomic E-state index is 11.9. The normalized spacial score (nSPS) is 52.4. The van der Waals surface area contributed by atoms with Crippen LogP contribution in [0.15, 0.2) is 0 Å². The summed E-state index contributed by atoms with van der Waals surface area (Å²) in [5.74, 6) is 1.29. The van der Waals surface area contributed by atoms with Crippen molar-refractivity contribution in [2.24, 2.45) is 22.7 Å². The van der Waals surface area contributed by atoms with E-state index in [1.165, 1.54) is 6.42 Å². The van der Waals surface area contributed by atoms with Crippen molar-refractivity contribution in [1.82, 2.24) is 0 Å². The third kappa shape index (κ3) is 1.60. The number of Topliss-reactive ketones (excluding diaryl/α,β-unsaturated/α-hetero) is 1. The van der Waals surface area contributed by atoms with Crippen LogP contribution in [0.1, 0.15) is 59.3 Å². The van der Waals surface area contributed by atoms with Crippen molar-refractivity contribution in [1.29, 1.82) is 0 Å². The van der Waals surface area contributed by atoms with Gasteiger partial charge in [0, 0.05) is 12.8 Å². The van der Waals surface area contributed by atoms with Gasteiger partial charge < -0.3 is 5.11 Å². The first-order valence-electron chi connectivity index (χ1n) is 6.98. The van der Waals surface area contributed by atoms with Crippen molar-refractivity contribution >= 4 is 5.78 Å². The number of carbonyl (C=O) groups excluding carboxylic acids is 1. The maximum absolute atomic E-state index is 11.9. The Morgan fingerprint density at radius 3 is 2.53 bits per heavy atom. The summed E-state index contributed by atoms with van der Waals surface area (Å²) in [5, 5.41) is 10.9. The first kappa shape index (κ1) is 11.7. The van der Waals surface area contributed by atoms with Crippen LogP contribution in [-0.4, -0.2) is 16.5 Å². The zero-order valence-corrected chi connectivity index (χ0v) is 11.3. The smallest absolute Gasteiger partial charge is 0.136 e. The Labute approximate surface area is 104 Å². The zero-order valence-electron chi connectivity index (χ0n) is 11.3. The number of fused-ring (bicyclic) bond motifs is 4. The number of ketones is 1. The van der Waals surface area contributed by atoms with E-state index < -0.39 is 5.60 Å². The minimum atomic E-state index is -0.680. The van der Waals surface area contributed by atoms with E-state index in [0.29, 0.717) is 30.1 Å². The monoisotopic (exact) mass is 236 g/mol. The number of aliphatic hydroxyl groups is 1. The lowest BCUT2D eigenvalue weighted by Gasteiger charge is -2.57. The third-order valence-corrected chi connectivity index (χ3v) is 5.84. The zero-order chi connectivity index (χ0) is 12.5. The average Bonchev–Trinajstić information content (AvgIpc) is 2.17. The molecule has 3 rings (SSSR count). The van der Waals surface area contributed by atoms with Crippen molar-refractivity contribution in [3.8, 4) is 0 Å². The minimum absolute atomic E-state index is 0.0670. The van der Waals surface area contributed by atoms with Crippen molar-refractivity contribution < 1.29 is 9.90 Å². The van der Waals surface area contributed by atoms with E-state index >= 15 is 0 Å². The van der Waals surface area contributed by atoms with Crippen LogP contribution < -0.4 is 0 Å². The number of hydrogen-bond acceptors (Lipinski definition) is 2. The fourth-order valence-electron chi connectivity index (χ4n) is 5.09. The van der Waals surface area contributed by atoms with Crippen molar-refractivity contribution in [2.75, 3.05) is 0 Å². The molecule has 3 aliphatic rings. The largest absolute Gasteiger partial charge is 0.389 e. The van der Waals surface area contributed by atoms with E-state index in [2.05, 4.69) is 20.8 Å². The summed E-state index contributed by atoms with van der Waals surface area (Å²) >= 11 is 0. The molecule has 0 aromatic rings. The first-order valence-corrected chi connectivity index (χ1v) is 6.98. The molecule has 0 aromatic carbocycles. The van der Waals surface area contributed by atoms with E-state index in [1.807, 2.05) is 0 Å². The fraction of sp³-hybridized carbons (Fsp3) is 0.933. The molecular weight excluding hydrogens is 212 g/mol. The summed E-state index contributed by atoms with van der Waals surface area (Å²) in [4.78, 5) is 11.9. The maximum Gasteiger partial charge on any atom is 0.136 e. The van der Waals surface area contributed by atoms with Crippen LogP contribution >= 0.6 is 0 Å². The van der Waals surface area contributed by atoms with E-state index in [9.17, 15) is 9.90 Å². The molecule has 2 nitrogen and oxygen atoms in total. The molecule has 1 N–H and O–H groups in total.